The van der Waals surface area contributed by atoms with Gasteiger partial charge < -0.3 is 14.9 Å². The zero-order valence-electron chi connectivity index (χ0n) is 14.4. The molecule has 1 saturated heterocycles. The van der Waals surface area contributed by atoms with E-state index in [0.717, 1.165) is 0 Å². The second-order valence-corrected chi connectivity index (χ2v) is 7.74. The standard InChI is InChI=1S/C18H19N3O5S/c22-17(20-9-11-21(12-10-20)18(23)24)14-5-4-6-15(13-14)19-27(25,26)16-7-2-1-3-8-16/h1-8,13,19H,9-12H2,(H,23,24). The van der Waals surface area contributed by atoms with E-state index >= 15 is 0 Å². The van der Waals surface area contributed by atoms with Crippen molar-refractivity contribution in [3.8, 4) is 0 Å². The van der Waals surface area contributed by atoms with Crippen LogP contribution in [-0.2, 0) is 10.0 Å². The summed E-state index contributed by atoms with van der Waals surface area (Å²) in [4.78, 5) is 26.5. The van der Waals surface area contributed by atoms with Crippen molar-refractivity contribution >= 4 is 27.7 Å². The number of carbonyl (C=O) groups is 2. The predicted molar refractivity (Wildman–Crippen MR) is 99.2 cm³/mol. The van der Waals surface area contributed by atoms with Gasteiger partial charge in [-0.15, -0.1) is 0 Å². The first-order valence-electron chi connectivity index (χ1n) is 8.32. The Morgan fingerprint density at radius 2 is 1.52 bits per heavy atom. The van der Waals surface area contributed by atoms with Crippen LogP contribution in [0.2, 0.25) is 0 Å². The van der Waals surface area contributed by atoms with Crippen LogP contribution in [0, 0.1) is 0 Å². The number of carboxylic acid groups (broad SMARTS) is 1. The topological polar surface area (TPSA) is 107 Å². The van der Waals surface area contributed by atoms with E-state index in [1.807, 2.05) is 0 Å². The third-order valence-corrected chi connectivity index (χ3v) is 5.65. The summed E-state index contributed by atoms with van der Waals surface area (Å²) >= 11 is 0. The molecule has 2 aromatic rings. The lowest BCUT2D eigenvalue weighted by molar-refractivity contribution is 0.0625. The third kappa shape index (κ3) is 4.37. The van der Waals surface area contributed by atoms with Gasteiger partial charge in [0.25, 0.3) is 15.9 Å². The fourth-order valence-corrected chi connectivity index (χ4v) is 3.88. The Kier molecular flexibility index (Phi) is 5.31. The Labute approximate surface area is 157 Å². The molecule has 0 aromatic heterocycles. The van der Waals surface area contributed by atoms with E-state index in [-0.39, 0.29) is 29.6 Å². The van der Waals surface area contributed by atoms with Gasteiger partial charge in [0.05, 0.1) is 4.90 Å². The van der Waals surface area contributed by atoms with Crippen molar-refractivity contribution in [3.05, 3.63) is 60.2 Å². The van der Waals surface area contributed by atoms with Gasteiger partial charge in [-0.25, -0.2) is 13.2 Å². The number of rotatable bonds is 4. The number of sulfonamides is 1. The van der Waals surface area contributed by atoms with E-state index in [4.69, 9.17) is 5.11 Å². The Hall–Kier alpha value is -3.07. The van der Waals surface area contributed by atoms with Gasteiger partial charge >= 0.3 is 6.09 Å². The molecule has 0 spiro atoms. The fourth-order valence-electron chi connectivity index (χ4n) is 2.81. The van der Waals surface area contributed by atoms with E-state index in [0.29, 0.717) is 18.7 Å². The van der Waals surface area contributed by atoms with E-state index < -0.39 is 16.1 Å². The molecule has 2 aromatic carbocycles. The second kappa shape index (κ2) is 7.67. The summed E-state index contributed by atoms with van der Waals surface area (Å²) in [5.74, 6) is -0.263. The summed E-state index contributed by atoms with van der Waals surface area (Å²) < 4.78 is 27.3. The van der Waals surface area contributed by atoms with Crippen LogP contribution in [0.1, 0.15) is 10.4 Å². The lowest BCUT2D eigenvalue weighted by Crippen LogP contribution is -2.50. The van der Waals surface area contributed by atoms with Crippen LogP contribution < -0.4 is 4.72 Å². The molecule has 0 unspecified atom stereocenters. The van der Waals surface area contributed by atoms with Crippen LogP contribution in [0.5, 0.6) is 0 Å². The van der Waals surface area contributed by atoms with Crippen molar-refractivity contribution in [2.75, 3.05) is 30.9 Å². The summed E-state index contributed by atoms with van der Waals surface area (Å²) in [5, 5.41) is 8.98. The van der Waals surface area contributed by atoms with Crippen LogP contribution in [0.25, 0.3) is 0 Å². The molecule has 2 amide bonds. The maximum atomic E-state index is 12.6. The van der Waals surface area contributed by atoms with Gasteiger partial charge in [0, 0.05) is 37.4 Å². The Bertz CT molecular complexity index is 938. The molecule has 0 radical (unpaired) electrons. The molecular weight excluding hydrogens is 370 g/mol. The van der Waals surface area contributed by atoms with Crippen molar-refractivity contribution in [2.24, 2.45) is 0 Å². The average molecular weight is 389 g/mol. The molecule has 142 valence electrons. The zero-order chi connectivity index (χ0) is 19.4. The summed E-state index contributed by atoms with van der Waals surface area (Å²) in [6.45, 7) is 1.10. The molecule has 1 heterocycles. The lowest BCUT2D eigenvalue weighted by Gasteiger charge is -2.33. The largest absolute Gasteiger partial charge is 0.465 e. The second-order valence-electron chi connectivity index (χ2n) is 6.06. The number of amides is 2. The first-order chi connectivity index (χ1) is 12.9. The van der Waals surface area contributed by atoms with Crippen molar-refractivity contribution < 1.29 is 23.1 Å². The highest BCUT2D eigenvalue weighted by atomic mass is 32.2. The van der Waals surface area contributed by atoms with Gasteiger partial charge in [-0.05, 0) is 30.3 Å². The SMILES string of the molecule is O=C(O)N1CCN(C(=O)c2cccc(NS(=O)(=O)c3ccccc3)c2)CC1. The number of piperazine rings is 1. The normalized spacial score (nSPS) is 14.7. The van der Waals surface area contributed by atoms with Crippen LogP contribution in [-0.4, -0.2) is 61.5 Å². The maximum absolute atomic E-state index is 12.6. The van der Waals surface area contributed by atoms with Crippen LogP contribution in [0.3, 0.4) is 0 Å². The van der Waals surface area contributed by atoms with E-state index in [1.165, 1.54) is 23.1 Å². The van der Waals surface area contributed by atoms with Gasteiger partial charge in [-0.2, -0.15) is 0 Å². The quantitative estimate of drug-likeness (QED) is 0.831. The number of hydrogen-bond acceptors (Lipinski definition) is 4. The van der Waals surface area contributed by atoms with E-state index in [2.05, 4.69) is 4.72 Å². The highest BCUT2D eigenvalue weighted by Gasteiger charge is 2.24. The molecule has 0 bridgehead atoms. The Balaban J connectivity index is 1.72. The smallest absolute Gasteiger partial charge is 0.407 e. The molecule has 0 saturated carbocycles. The van der Waals surface area contributed by atoms with Gasteiger partial charge in [0.2, 0.25) is 0 Å². The molecule has 1 aliphatic heterocycles. The summed E-state index contributed by atoms with van der Waals surface area (Å²) in [6.07, 6.45) is -1.00. The first-order valence-corrected chi connectivity index (χ1v) is 9.80. The molecule has 3 rings (SSSR count). The van der Waals surface area contributed by atoms with Crippen LogP contribution >= 0.6 is 0 Å². The van der Waals surface area contributed by atoms with E-state index in [9.17, 15) is 18.0 Å². The number of anilines is 1. The van der Waals surface area contributed by atoms with Gasteiger partial charge in [0.1, 0.15) is 0 Å². The lowest BCUT2D eigenvalue weighted by atomic mass is 10.1. The Morgan fingerprint density at radius 1 is 0.889 bits per heavy atom. The predicted octanol–water partition coefficient (Wildman–Crippen LogP) is 1.92. The maximum Gasteiger partial charge on any atom is 0.407 e. The van der Waals surface area contributed by atoms with E-state index in [1.54, 1.807) is 41.3 Å². The molecular formula is C18H19N3O5S. The Morgan fingerprint density at radius 3 is 2.15 bits per heavy atom. The van der Waals surface area contributed by atoms with Crippen molar-refractivity contribution in [1.29, 1.82) is 0 Å². The van der Waals surface area contributed by atoms with Crippen molar-refractivity contribution in [2.45, 2.75) is 4.90 Å². The third-order valence-electron chi connectivity index (χ3n) is 4.25. The molecule has 9 heteroatoms. The van der Waals surface area contributed by atoms with Gasteiger partial charge in [-0.3, -0.25) is 9.52 Å². The summed E-state index contributed by atoms with van der Waals surface area (Å²) in [7, 11) is -3.74. The molecule has 2 N–H and O–H groups in total. The van der Waals surface area contributed by atoms with Crippen molar-refractivity contribution in [3.63, 3.8) is 0 Å². The molecule has 1 fully saturated rings. The van der Waals surface area contributed by atoms with Crippen LogP contribution in [0.15, 0.2) is 59.5 Å². The minimum atomic E-state index is -3.74. The monoisotopic (exact) mass is 389 g/mol. The number of benzene rings is 2. The number of nitrogens with one attached hydrogen (secondary N) is 1. The van der Waals surface area contributed by atoms with Crippen LogP contribution in [0.4, 0.5) is 10.5 Å². The summed E-state index contributed by atoms with van der Waals surface area (Å²) in [5.41, 5.74) is 0.626. The first kappa shape index (κ1) is 18.7. The van der Waals surface area contributed by atoms with Gasteiger partial charge in [0.15, 0.2) is 0 Å². The zero-order valence-corrected chi connectivity index (χ0v) is 15.2. The minimum absolute atomic E-state index is 0.131. The van der Waals surface area contributed by atoms with Crippen molar-refractivity contribution in [1.82, 2.24) is 9.80 Å². The molecule has 0 aliphatic carbocycles. The fraction of sp³-hybridized carbons (Fsp3) is 0.222. The number of hydrogen-bond donors (Lipinski definition) is 2. The van der Waals surface area contributed by atoms with Gasteiger partial charge in [-0.1, -0.05) is 24.3 Å². The minimum Gasteiger partial charge on any atom is -0.465 e. The molecule has 8 nitrogen and oxygen atoms in total. The molecule has 0 atom stereocenters. The highest BCUT2D eigenvalue weighted by Crippen LogP contribution is 2.18. The highest BCUT2D eigenvalue weighted by molar-refractivity contribution is 7.92. The molecule has 27 heavy (non-hydrogen) atoms. The molecule has 1 aliphatic rings. The number of nitrogens with zero attached hydrogens (tertiary/aromatic N) is 2. The number of carbonyl (C=O) groups excluding carboxylic acids is 1. The average Bonchev–Trinajstić information content (AvgIpc) is 2.68. The summed E-state index contributed by atoms with van der Waals surface area (Å²) in [6, 6.07) is 14.2.